The molecule has 2 atom stereocenters. The fraction of sp³-hybridized carbons (Fsp3) is 0.235. The summed E-state index contributed by atoms with van der Waals surface area (Å²) in [5.74, 6) is 0.878. The Labute approximate surface area is 133 Å². The maximum Gasteiger partial charge on any atom is 0.157 e. The Morgan fingerprint density at radius 1 is 1.32 bits per heavy atom. The van der Waals surface area contributed by atoms with Crippen LogP contribution in [0.4, 0.5) is 0 Å². The van der Waals surface area contributed by atoms with Crippen LogP contribution in [0.3, 0.4) is 0 Å². The molecule has 22 heavy (non-hydrogen) atoms. The number of aromatic nitrogens is 3. The summed E-state index contributed by atoms with van der Waals surface area (Å²) in [6.07, 6.45) is 4.63. The molecule has 1 fully saturated rings. The van der Waals surface area contributed by atoms with Crippen molar-refractivity contribution in [3.63, 3.8) is 0 Å². The van der Waals surface area contributed by atoms with E-state index in [4.69, 9.17) is 16.9 Å². The molecule has 0 amide bonds. The molecule has 0 saturated heterocycles. The number of fused-ring (bicyclic) bond motifs is 1. The Kier molecular flexibility index (Phi) is 2.91. The van der Waals surface area contributed by atoms with E-state index in [1.165, 1.54) is 5.56 Å². The summed E-state index contributed by atoms with van der Waals surface area (Å²) in [5.41, 5.74) is 5.08. The van der Waals surface area contributed by atoms with E-state index in [0.717, 1.165) is 28.8 Å². The molecule has 0 bridgehead atoms. The van der Waals surface area contributed by atoms with Crippen molar-refractivity contribution in [2.24, 2.45) is 0 Å². The van der Waals surface area contributed by atoms with Crippen molar-refractivity contribution in [2.75, 3.05) is 0 Å². The zero-order valence-corrected chi connectivity index (χ0v) is 12.7. The van der Waals surface area contributed by atoms with Crippen molar-refractivity contribution >= 4 is 17.2 Å². The number of nitriles is 1. The lowest BCUT2D eigenvalue weighted by atomic mass is 10.0. The van der Waals surface area contributed by atoms with Crippen LogP contribution in [0.25, 0.3) is 5.65 Å². The lowest BCUT2D eigenvalue weighted by Gasteiger charge is -2.06. The van der Waals surface area contributed by atoms with Gasteiger partial charge in [0.15, 0.2) is 5.65 Å². The smallest absolute Gasteiger partial charge is 0.157 e. The third-order valence-corrected chi connectivity index (χ3v) is 4.53. The topological polar surface area (TPSA) is 54.0 Å². The number of rotatable bonds is 2. The largest absolute Gasteiger partial charge is 0.235 e. The minimum atomic E-state index is 0.415. The van der Waals surface area contributed by atoms with E-state index in [2.05, 4.69) is 28.3 Å². The predicted octanol–water partition coefficient (Wildman–Crippen LogP) is 3.83. The molecule has 0 N–H and O–H groups in total. The minimum absolute atomic E-state index is 0.415. The maximum absolute atomic E-state index is 9.04. The number of hydrogen-bond donors (Lipinski definition) is 0. The Hall–Kier alpha value is -2.38. The van der Waals surface area contributed by atoms with Crippen LogP contribution in [0.15, 0.2) is 36.7 Å². The van der Waals surface area contributed by atoms with E-state index in [1.807, 2.05) is 25.3 Å². The van der Waals surface area contributed by atoms with E-state index in [-0.39, 0.29) is 0 Å². The van der Waals surface area contributed by atoms with Crippen LogP contribution in [-0.4, -0.2) is 14.6 Å². The molecule has 1 unspecified atom stereocenters. The standard InChI is InChI=1S/C17H13ClN4/c1-10-6-11(2-3-12(10)9-19)13-7-14(13)15-8-16(18)21-22-5-4-20-17(15)22/h2-6,8,13-14H,7H2,1H3/t13-,14?/m1/s1. The van der Waals surface area contributed by atoms with Gasteiger partial charge in [-0.15, -0.1) is 0 Å². The van der Waals surface area contributed by atoms with Crippen LogP contribution in [0, 0.1) is 18.3 Å². The van der Waals surface area contributed by atoms with Gasteiger partial charge in [-0.2, -0.15) is 10.4 Å². The Morgan fingerprint density at radius 2 is 2.18 bits per heavy atom. The Balaban J connectivity index is 1.70. The SMILES string of the molecule is Cc1cc([C@H]2CC2c2cc(Cl)nn3ccnc23)ccc1C#N. The molecule has 1 saturated carbocycles. The van der Waals surface area contributed by atoms with Crippen LogP contribution in [0.1, 0.15) is 40.5 Å². The van der Waals surface area contributed by atoms with Crippen molar-refractivity contribution in [1.29, 1.82) is 5.26 Å². The van der Waals surface area contributed by atoms with Crippen molar-refractivity contribution in [3.8, 4) is 6.07 Å². The average molecular weight is 309 g/mol. The molecular formula is C17H13ClN4. The molecule has 0 radical (unpaired) electrons. The quantitative estimate of drug-likeness (QED) is 0.723. The molecule has 1 aromatic carbocycles. The number of nitrogens with zero attached hydrogens (tertiary/aromatic N) is 4. The van der Waals surface area contributed by atoms with Crippen LogP contribution in [0.5, 0.6) is 0 Å². The molecule has 5 heteroatoms. The fourth-order valence-corrected chi connectivity index (χ4v) is 3.33. The lowest BCUT2D eigenvalue weighted by molar-refractivity contribution is 0.905. The van der Waals surface area contributed by atoms with E-state index in [9.17, 15) is 0 Å². The highest BCUT2D eigenvalue weighted by Gasteiger charge is 2.41. The van der Waals surface area contributed by atoms with Gasteiger partial charge in [-0.3, -0.25) is 0 Å². The number of imidazole rings is 1. The van der Waals surface area contributed by atoms with Crippen LogP contribution >= 0.6 is 11.6 Å². The average Bonchev–Trinajstić information content (AvgIpc) is 3.16. The molecule has 3 aromatic rings. The molecule has 108 valence electrons. The summed E-state index contributed by atoms with van der Waals surface area (Å²) in [6.45, 7) is 1.98. The number of benzene rings is 1. The van der Waals surface area contributed by atoms with Crippen LogP contribution in [0.2, 0.25) is 5.15 Å². The Morgan fingerprint density at radius 3 is 2.95 bits per heavy atom. The monoisotopic (exact) mass is 308 g/mol. The summed E-state index contributed by atoms with van der Waals surface area (Å²) >= 11 is 6.12. The summed E-state index contributed by atoms with van der Waals surface area (Å²) in [4.78, 5) is 4.39. The second-order valence-electron chi connectivity index (χ2n) is 5.75. The van der Waals surface area contributed by atoms with Crippen LogP contribution in [-0.2, 0) is 0 Å². The molecule has 4 nitrogen and oxygen atoms in total. The molecule has 2 aromatic heterocycles. The zero-order chi connectivity index (χ0) is 15.3. The molecule has 1 aliphatic rings. The van der Waals surface area contributed by atoms with Gasteiger partial charge in [0.2, 0.25) is 0 Å². The van der Waals surface area contributed by atoms with Gasteiger partial charge in [-0.1, -0.05) is 23.7 Å². The minimum Gasteiger partial charge on any atom is -0.235 e. The van der Waals surface area contributed by atoms with Gasteiger partial charge in [0.25, 0.3) is 0 Å². The summed E-state index contributed by atoms with van der Waals surface area (Å²) in [7, 11) is 0. The van der Waals surface area contributed by atoms with Crippen molar-refractivity contribution < 1.29 is 0 Å². The summed E-state index contributed by atoms with van der Waals surface area (Å²) < 4.78 is 1.73. The first-order chi connectivity index (χ1) is 10.7. The van der Waals surface area contributed by atoms with Gasteiger partial charge in [-0.05, 0) is 48.4 Å². The van der Waals surface area contributed by atoms with Gasteiger partial charge in [0, 0.05) is 18.0 Å². The van der Waals surface area contributed by atoms with E-state index >= 15 is 0 Å². The van der Waals surface area contributed by atoms with Crippen molar-refractivity contribution in [1.82, 2.24) is 14.6 Å². The Bertz CT molecular complexity index is 922. The predicted molar refractivity (Wildman–Crippen MR) is 84.0 cm³/mol. The highest BCUT2D eigenvalue weighted by atomic mass is 35.5. The lowest BCUT2D eigenvalue weighted by Crippen LogP contribution is -1.97. The van der Waals surface area contributed by atoms with E-state index in [1.54, 1.807) is 10.7 Å². The third kappa shape index (κ3) is 2.06. The second kappa shape index (κ2) is 4.82. The molecule has 2 heterocycles. The zero-order valence-electron chi connectivity index (χ0n) is 12.0. The molecule has 0 spiro atoms. The van der Waals surface area contributed by atoms with Gasteiger partial charge in [0.1, 0.15) is 5.15 Å². The van der Waals surface area contributed by atoms with Gasteiger partial charge in [0.05, 0.1) is 11.6 Å². The molecular weight excluding hydrogens is 296 g/mol. The number of hydrogen-bond acceptors (Lipinski definition) is 3. The highest BCUT2D eigenvalue weighted by molar-refractivity contribution is 6.29. The second-order valence-corrected chi connectivity index (χ2v) is 6.14. The number of aryl methyl sites for hydroxylation is 1. The molecule has 1 aliphatic carbocycles. The first-order valence-corrected chi connectivity index (χ1v) is 7.55. The van der Waals surface area contributed by atoms with Crippen LogP contribution < -0.4 is 0 Å². The molecule has 4 rings (SSSR count). The first kappa shape index (κ1) is 13.3. The van der Waals surface area contributed by atoms with Gasteiger partial charge >= 0.3 is 0 Å². The summed E-state index contributed by atoms with van der Waals surface area (Å²) in [5, 5.41) is 13.7. The summed E-state index contributed by atoms with van der Waals surface area (Å²) in [6, 6.07) is 10.2. The van der Waals surface area contributed by atoms with E-state index < -0.39 is 0 Å². The third-order valence-electron chi connectivity index (χ3n) is 4.35. The highest BCUT2D eigenvalue weighted by Crippen LogP contribution is 2.55. The molecule has 0 aliphatic heterocycles. The van der Waals surface area contributed by atoms with Crippen molar-refractivity contribution in [3.05, 3.63) is 64.1 Å². The fourth-order valence-electron chi connectivity index (χ4n) is 3.13. The normalized spacial score (nSPS) is 20.0. The first-order valence-electron chi connectivity index (χ1n) is 7.18. The van der Waals surface area contributed by atoms with Crippen molar-refractivity contribution in [2.45, 2.75) is 25.2 Å². The van der Waals surface area contributed by atoms with Gasteiger partial charge in [-0.25, -0.2) is 9.50 Å². The van der Waals surface area contributed by atoms with Gasteiger partial charge < -0.3 is 0 Å². The number of halogens is 1. The maximum atomic E-state index is 9.04. The van der Waals surface area contributed by atoms with E-state index in [0.29, 0.717) is 17.0 Å².